The number of nitrogens with zero attached hydrogens (tertiary/aromatic N) is 4. The fourth-order valence-corrected chi connectivity index (χ4v) is 5.80. The maximum Gasteiger partial charge on any atom is 0.238 e. The van der Waals surface area contributed by atoms with Crippen molar-refractivity contribution in [2.24, 2.45) is 5.92 Å². The zero-order valence-electron chi connectivity index (χ0n) is 19.9. The predicted molar refractivity (Wildman–Crippen MR) is 134 cm³/mol. The number of carbonyl (C=O) groups excluding carboxylic acids is 2. The van der Waals surface area contributed by atoms with Crippen LogP contribution in [0.3, 0.4) is 0 Å². The Morgan fingerprint density at radius 1 is 0.914 bits per heavy atom. The number of benzene rings is 3. The summed E-state index contributed by atoms with van der Waals surface area (Å²) < 4.78 is 1.93. The van der Waals surface area contributed by atoms with Gasteiger partial charge in [0.05, 0.1) is 18.0 Å². The first-order chi connectivity index (χ1) is 17.0. The van der Waals surface area contributed by atoms with Gasteiger partial charge in [0.2, 0.25) is 11.7 Å². The summed E-state index contributed by atoms with van der Waals surface area (Å²) in [6.07, 6.45) is 4.01. The highest BCUT2D eigenvalue weighted by Crippen LogP contribution is 2.52. The van der Waals surface area contributed by atoms with E-state index in [4.69, 9.17) is 0 Å². The normalized spacial score (nSPS) is 22.3. The van der Waals surface area contributed by atoms with E-state index in [2.05, 4.69) is 52.5 Å². The summed E-state index contributed by atoms with van der Waals surface area (Å²) >= 11 is 0. The van der Waals surface area contributed by atoms with Crippen LogP contribution in [0.5, 0.6) is 0 Å². The van der Waals surface area contributed by atoms with Gasteiger partial charge in [0.25, 0.3) is 0 Å². The second-order valence-corrected chi connectivity index (χ2v) is 9.70. The molecule has 35 heavy (non-hydrogen) atoms. The molecule has 6 rings (SSSR count). The van der Waals surface area contributed by atoms with Gasteiger partial charge in [-0.05, 0) is 41.8 Å². The number of rotatable bonds is 5. The second-order valence-electron chi connectivity index (χ2n) is 9.70. The molecule has 1 aromatic heterocycles. The first kappa shape index (κ1) is 21.7. The molecule has 0 saturated carbocycles. The van der Waals surface area contributed by atoms with Gasteiger partial charge in [-0.1, -0.05) is 66.7 Å². The molecule has 4 aromatic rings. The Kier molecular flexibility index (Phi) is 5.26. The van der Waals surface area contributed by atoms with Gasteiger partial charge in [0, 0.05) is 31.4 Å². The molecule has 0 radical (unpaired) electrons. The number of amides is 1. The van der Waals surface area contributed by atoms with Crippen LogP contribution in [0.4, 0.5) is 0 Å². The van der Waals surface area contributed by atoms with Crippen molar-refractivity contribution in [3.63, 3.8) is 0 Å². The van der Waals surface area contributed by atoms with Crippen molar-refractivity contribution in [2.45, 2.75) is 38.4 Å². The van der Waals surface area contributed by atoms with E-state index in [1.54, 1.807) is 6.20 Å². The number of Topliss-reactive ketones (excluding diaryl/α,β-unsaturated/α-hetero) is 1. The fraction of sp³-hybridized carbons (Fsp3) is 0.276. The number of fused-ring (bicyclic) bond motifs is 2. The third kappa shape index (κ3) is 3.48. The second kappa shape index (κ2) is 8.47. The van der Waals surface area contributed by atoms with E-state index in [0.717, 1.165) is 21.9 Å². The lowest BCUT2D eigenvalue weighted by Crippen LogP contribution is -2.35. The molecule has 0 unspecified atom stereocenters. The molecule has 3 heterocycles. The van der Waals surface area contributed by atoms with E-state index < -0.39 is 12.0 Å². The van der Waals surface area contributed by atoms with E-state index >= 15 is 0 Å². The molecule has 6 nitrogen and oxygen atoms in total. The highest BCUT2D eigenvalue weighted by Gasteiger charge is 2.56. The van der Waals surface area contributed by atoms with Crippen molar-refractivity contribution in [3.8, 4) is 0 Å². The molecule has 2 aliphatic heterocycles. The lowest BCUT2D eigenvalue weighted by atomic mass is 9.81. The predicted octanol–water partition coefficient (Wildman–Crippen LogP) is 5.36. The Balaban J connectivity index is 1.55. The molecule has 0 bridgehead atoms. The first-order valence-electron chi connectivity index (χ1n) is 12.2. The Labute approximate surface area is 204 Å². The molecule has 2 saturated heterocycles. The van der Waals surface area contributed by atoms with Gasteiger partial charge in [-0.15, -0.1) is 0 Å². The zero-order chi connectivity index (χ0) is 24.1. The minimum absolute atomic E-state index is 0.0297. The highest BCUT2D eigenvalue weighted by atomic mass is 16.2. The number of imidazole rings is 1. The lowest BCUT2D eigenvalue weighted by molar-refractivity contribution is -0.138. The molecule has 2 fully saturated rings. The lowest BCUT2D eigenvalue weighted by Gasteiger charge is -2.27. The summed E-state index contributed by atoms with van der Waals surface area (Å²) in [5.74, 6) is -0.00115. The van der Waals surface area contributed by atoms with E-state index in [1.165, 1.54) is 0 Å². The van der Waals surface area contributed by atoms with Gasteiger partial charge in [0.15, 0.2) is 5.82 Å². The van der Waals surface area contributed by atoms with Crippen LogP contribution >= 0.6 is 0 Å². The van der Waals surface area contributed by atoms with E-state index in [1.807, 2.05) is 60.0 Å². The Morgan fingerprint density at radius 2 is 1.66 bits per heavy atom. The van der Waals surface area contributed by atoms with Crippen LogP contribution in [-0.4, -0.2) is 37.8 Å². The standard InChI is InChI=1S/C29H28N4O2/c1-19(2)31-17-15-30-29(31)28(35)25-26(21-9-4-3-5-10-21)32-16-14-24(34)33(32)27(25)23-13-12-20-8-6-7-11-22(20)18-23/h3-13,15,17-19,25-27H,14,16H2,1-2H3/t25-,26+,27+/m1/s1. The summed E-state index contributed by atoms with van der Waals surface area (Å²) in [6.45, 7) is 4.70. The monoisotopic (exact) mass is 464 g/mol. The van der Waals surface area contributed by atoms with Crippen LogP contribution in [-0.2, 0) is 4.79 Å². The summed E-state index contributed by atoms with van der Waals surface area (Å²) in [5, 5.41) is 6.20. The number of ketones is 1. The fourth-order valence-electron chi connectivity index (χ4n) is 5.80. The quantitative estimate of drug-likeness (QED) is 0.373. The van der Waals surface area contributed by atoms with Gasteiger partial charge in [-0.3, -0.25) is 14.6 Å². The summed E-state index contributed by atoms with van der Waals surface area (Å²) in [5.41, 5.74) is 2.01. The van der Waals surface area contributed by atoms with Crippen molar-refractivity contribution < 1.29 is 9.59 Å². The number of aromatic nitrogens is 2. The Hall–Kier alpha value is -3.77. The van der Waals surface area contributed by atoms with Gasteiger partial charge in [0.1, 0.15) is 0 Å². The summed E-state index contributed by atoms with van der Waals surface area (Å²) in [4.78, 5) is 32.1. The topological polar surface area (TPSA) is 58.4 Å². The molecule has 3 aromatic carbocycles. The van der Waals surface area contributed by atoms with Crippen molar-refractivity contribution in [1.29, 1.82) is 0 Å². The first-order valence-corrected chi connectivity index (χ1v) is 12.2. The molecule has 6 heteroatoms. The summed E-state index contributed by atoms with van der Waals surface area (Å²) in [7, 11) is 0. The SMILES string of the molecule is CC(C)n1ccnc1C(=O)[C@@H]1[C@H](c2ccccc2)N2CCC(=O)N2[C@H]1c1ccc2ccccc2c1. The van der Waals surface area contributed by atoms with Gasteiger partial charge >= 0.3 is 0 Å². The molecule has 0 aliphatic carbocycles. The van der Waals surface area contributed by atoms with Crippen LogP contribution in [0.1, 0.15) is 60.1 Å². The van der Waals surface area contributed by atoms with Crippen molar-refractivity contribution in [2.75, 3.05) is 6.54 Å². The van der Waals surface area contributed by atoms with Crippen LogP contribution in [0.15, 0.2) is 85.2 Å². The third-order valence-corrected chi connectivity index (χ3v) is 7.36. The largest absolute Gasteiger partial charge is 0.326 e. The van der Waals surface area contributed by atoms with Crippen LogP contribution < -0.4 is 0 Å². The Morgan fingerprint density at radius 3 is 2.43 bits per heavy atom. The van der Waals surface area contributed by atoms with Crippen molar-refractivity contribution in [3.05, 3.63) is 102 Å². The minimum Gasteiger partial charge on any atom is -0.326 e. The number of hydrazine groups is 1. The van der Waals surface area contributed by atoms with Crippen molar-refractivity contribution >= 4 is 22.5 Å². The number of hydrogen-bond acceptors (Lipinski definition) is 4. The number of carbonyl (C=O) groups is 2. The van der Waals surface area contributed by atoms with E-state index in [-0.39, 0.29) is 23.8 Å². The van der Waals surface area contributed by atoms with E-state index in [0.29, 0.717) is 18.8 Å². The maximum absolute atomic E-state index is 14.4. The molecule has 1 amide bonds. The highest BCUT2D eigenvalue weighted by molar-refractivity contribution is 5.97. The van der Waals surface area contributed by atoms with Crippen LogP contribution in [0.25, 0.3) is 10.8 Å². The molecule has 0 N–H and O–H groups in total. The van der Waals surface area contributed by atoms with Gasteiger partial charge in [-0.25, -0.2) is 9.99 Å². The molecule has 176 valence electrons. The van der Waals surface area contributed by atoms with Gasteiger partial charge < -0.3 is 4.57 Å². The molecule has 3 atom stereocenters. The summed E-state index contributed by atoms with van der Waals surface area (Å²) in [6, 6.07) is 24.0. The van der Waals surface area contributed by atoms with Crippen LogP contribution in [0.2, 0.25) is 0 Å². The zero-order valence-corrected chi connectivity index (χ0v) is 19.9. The number of hydrogen-bond donors (Lipinski definition) is 0. The molecule has 0 spiro atoms. The van der Waals surface area contributed by atoms with Gasteiger partial charge in [-0.2, -0.15) is 0 Å². The average molecular weight is 465 g/mol. The van der Waals surface area contributed by atoms with E-state index in [9.17, 15) is 9.59 Å². The average Bonchev–Trinajstić information content (AvgIpc) is 3.59. The van der Waals surface area contributed by atoms with Crippen LogP contribution in [0, 0.1) is 5.92 Å². The molecular weight excluding hydrogens is 436 g/mol. The molecule has 2 aliphatic rings. The van der Waals surface area contributed by atoms with Crippen molar-refractivity contribution in [1.82, 2.24) is 19.6 Å². The Bertz CT molecular complexity index is 1410. The third-order valence-electron chi connectivity index (χ3n) is 7.36. The maximum atomic E-state index is 14.4. The molecular formula is C29H28N4O2. The minimum atomic E-state index is -0.484. The smallest absolute Gasteiger partial charge is 0.238 e.